The Bertz CT molecular complexity index is 1320. The largest absolute Gasteiger partial charge is 0.485 e. The maximum Gasteiger partial charge on any atom is 0.251 e. The number of aryl methyl sites for hydroxylation is 1. The van der Waals surface area contributed by atoms with Gasteiger partial charge < -0.3 is 15.2 Å². The molecule has 0 fully saturated rings. The summed E-state index contributed by atoms with van der Waals surface area (Å²) in [5.74, 6) is 0.127. The summed E-state index contributed by atoms with van der Waals surface area (Å²) in [4.78, 5) is 13.0. The van der Waals surface area contributed by atoms with Crippen molar-refractivity contribution in [1.82, 2.24) is 10.0 Å². The van der Waals surface area contributed by atoms with Gasteiger partial charge in [0, 0.05) is 17.7 Å². The van der Waals surface area contributed by atoms with Crippen LogP contribution in [0.2, 0.25) is 0 Å². The lowest BCUT2D eigenvalue weighted by Gasteiger charge is -2.42. The number of amides is 1. The fourth-order valence-electron chi connectivity index (χ4n) is 4.22. The number of carbonyl (C=O) groups excluding carboxylic acids is 1. The van der Waals surface area contributed by atoms with E-state index in [4.69, 9.17) is 4.74 Å². The zero-order valence-electron chi connectivity index (χ0n) is 20.0. The Balaban J connectivity index is 1.60. The van der Waals surface area contributed by atoms with E-state index in [1.54, 1.807) is 57.2 Å². The first-order chi connectivity index (χ1) is 16.6. The van der Waals surface area contributed by atoms with Crippen molar-refractivity contribution in [1.29, 1.82) is 0 Å². The SMILES string of the molecule is Cc1ccccc1S(=O)(=O)N[C@@H]1c2cc(C(=O)NCCc3ccccc3)ccc2OC(C)(C)[C@H]1O. The van der Waals surface area contributed by atoms with Crippen molar-refractivity contribution in [2.75, 3.05) is 6.54 Å². The van der Waals surface area contributed by atoms with Crippen molar-refractivity contribution in [3.63, 3.8) is 0 Å². The lowest BCUT2D eigenvalue weighted by Crippen LogP contribution is -2.53. The Morgan fingerprint density at radius 2 is 1.71 bits per heavy atom. The molecule has 1 amide bonds. The summed E-state index contributed by atoms with van der Waals surface area (Å²) in [7, 11) is -3.96. The highest BCUT2D eigenvalue weighted by Crippen LogP contribution is 2.41. The van der Waals surface area contributed by atoms with Crippen molar-refractivity contribution in [2.45, 2.75) is 49.8 Å². The van der Waals surface area contributed by atoms with Crippen LogP contribution in [0.5, 0.6) is 5.75 Å². The molecule has 1 aliphatic heterocycles. The second kappa shape index (κ2) is 9.81. The predicted molar refractivity (Wildman–Crippen MR) is 134 cm³/mol. The van der Waals surface area contributed by atoms with Crippen molar-refractivity contribution in [2.24, 2.45) is 0 Å². The van der Waals surface area contributed by atoms with Crippen LogP contribution in [0.25, 0.3) is 0 Å². The van der Waals surface area contributed by atoms with Crippen LogP contribution in [0, 0.1) is 6.92 Å². The van der Waals surface area contributed by atoms with Gasteiger partial charge in [-0.05, 0) is 62.6 Å². The Labute approximate surface area is 206 Å². The van der Waals surface area contributed by atoms with Gasteiger partial charge in [0.1, 0.15) is 17.5 Å². The van der Waals surface area contributed by atoms with Gasteiger partial charge in [-0.3, -0.25) is 4.79 Å². The molecule has 0 saturated carbocycles. The zero-order valence-corrected chi connectivity index (χ0v) is 20.8. The number of hydrogen-bond acceptors (Lipinski definition) is 5. The van der Waals surface area contributed by atoms with Gasteiger partial charge in [0.15, 0.2) is 0 Å². The van der Waals surface area contributed by atoms with Crippen LogP contribution in [0.3, 0.4) is 0 Å². The molecule has 2 atom stereocenters. The summed E-state index contributed by atoms with van der Waals surface area (Å²) in [6.07, 6.45) is -0.503. The highest BCUT2D eigenvalue weighted by molar-refractivity contribution is 7.89. The Morgan fingerprint density at radius 1 is 1.03 bits per heavy atom. The maximum atomic E-state index is 13.2. The van der Waals surface area contributed by atoms with E-state index in [0.29, 0.717) is 35.4 Å². The first kappa shape index (κ1) is 24.9. The Kier molecular flexibility index (Phi) is 6.98. The molecule has 1 aliphatic rings. The lowest BCUT2D eigenvalue weighted by molar-refractivity contribution is -0.0603. The van der Waals surface area contributed by atoms with Gasteiger partial charge in [0.25, 0.3) is 5.91 Å². The van der Waals surface area contributed by atoms with Crippen LogP contribution in [-0.2, 0) is 16.4 Å². The first-order valence-electron chi connectivity index (χ1n) is 11.5. The second-order valence-corrected chi connectivity index (χ2v) is 10.9. The predicted octanol–water partition coefficient (Wildman–Crippen LogP) is 3.52. The molecule has 3 N–H and O–H groups in total. The molecule has 0 saturated heterocycles. The highest BCUT2D eigenvalue weighted by Gasteiger charge is 2.45. The number of carbonyl (C=O) groups is 1. The van der Waals surface area contributed by atoms with Crippen LogP contribution in [-0.4, -0.2) is 37.7 Å². The monoisotopic (exact) mass is 494 g/mol. The molecule has 8 heteroatoms. The van der Waals surface area contributed by atoms with E-state index >= 15 is 0 Å². The molecule has 7 nitrogen and oxygen atoms in total. The third-order valence-electron chi connectivity index (χ3n) is 6.22. The molecule has 35 heavy (non-hydrogen) atoms. The smallest absolute Gasteiger partial charge is 0.251 e. The summed E-state index contributed by atoms with van der Waals surface area (Å²) in [6, 6.07) is 20.3. The Morgan fingerprint density at radius 3 is 2.43 bits per heavy atom. The van der Waals surface area contributed by atoms with Crippen LogP contribution in [0.1, 0.15) is 46.9 Å². The van der Waals surface area contributed by atoms with E-state index in [2.05, 4.69) is 10.0 Å². The Hall–Kier alpha value is -3.20. The fraction of sp³-hybridized carbons (Fsp3) is 0.296. The van der Waals surface area contributed by atoms with Gasteiger partial charge in [-0.2, -0.15) is 0 Å². The minimum absolute atomic E-state index is 0.132. The quantitative estimate of drug-likeness (QED) is 0.466. The molecule has 0 unspecified atom stereocenters. The number of hydrogen-bond donors (Lipinski definition) is 3. The van der Waals surface area contributed by atoms with Crippen LogP contribution < -0.4 is 14.8 Å². The zero-order chi connectivity index (χ0) is 25.2. The van der Waals surface area contributed by atoms with E-state index in [-0.39, 0.29) is 10.8 Å². The minimum atomic E-state index is -3.96. The number of sulfonamides is 1. The van der Waals surface area contributed by atoms with E-state index in [0.717, 1.165) is 5.56 Å². The molecule has 184 valence electrons. The summed E-state index contributed by atoms with van der Waals surface area (Å²) >= 11 is 0. The summed E-state index contributed by atoms with van der Waals surface area (Å²) in [5, 5.41) is 14.0. The van der Waals surface area contributed by atoms with E-state index in [9.17, 15) is 18.3 Å². The van der Waals surface area contributed by atoms with Gasteiger partial charge in [-0.25, -0.2) is 13.1 Å². The van der Waals surface area contributed by atoms with Crippen molar-refractivity contribution >= 4 is 15.9 Å². The standard InChI is InChI=1S/C27H30N2O5S/c1-18-9-7-8-12-23(18)35(32,33)29-24-21-17-20(13-14-22(21)34-27(2,3)25(24)30)26(31)28-16-15-19-10-5-4-6-11-19/h4-14,17,24-25,29-30H,15-16H2,1-3H3,(H,28,31)/t24-,25+/m1/s1. The first-order valence-corrected chi connectivity index (χ1v) is 13.0. The van der Waals surface area contributed by atoms with Gasteiger partial charge in [0.05, 0.1) is 10.9 Å². The van der Waals surface area contributed by atoms with Crippen molar-refractivity contribution in [3.05, 3.63) is 95.1 Å². The summed E-state index contributed by atoms with van der Waals surface area (Å²) in [6.45, 7) is 5.56. The van der Waals surface area contributed by atoms with Crippen molar-refractivity contribution in [3.8, 4) is 5.75 Å². The number of rotatable bonds is 7. The number of aliphatic hydroxyl groups excluding tert-OH is 1. The van der Waals surface area contributed by atoms with Crippen LogP contribution in [0.15, 0.2) is 77.7 Å². The number of benzene rings is 3. The molecule has 0 spiro atoms. The molecule has 0 bridgehead atoms. The molecule has 0 radical (unpaired) electrons. The molecule has 0 aliphatic carbocycles. The van der Waals surface area contributed by atoms with Gasteiger partial charge in [-0.15, -0.1) is 0 Å². The number of aliphatic hydroxyl groups is 1. The van der Waals surface area contributed by atoms with E-state index in [1.165, 1.54) is 6.07 Å². The summed E-state index contributed by atoms with van der Waals surface area (Å²) in [5.41, 5.74) is 1.41. The van der Waals surface area contributed by atoms with E-state index in [1.807, 2.05) is 30.3 Å². The van der Waals surface area contributed by atoms with Gasteiger partial charge >= 0.3 is 0 Å². The highest BCUT2D eigenvalue weighted by atomic mass is 32.2. The van der Waals surface area contributed by atoms with Crippen LogP contribution in [0.4, 0.5) is 0 Å². The van der Waals surface area contributed by atoms with Crippen molar-refractivity contribution < 1.29 is 23.1 Å². The average molecular weight is 495 g/mol. The fourth-order valence-corrected chi connectivity index (χ4v) is 5.69. The number of nitrogens with one attached hydrogen (secondary N) is 2. The molecule has 4 rings (SSSR count). The number of fused-ring (bicyclic) bond motifs is 1. The third kappa shape index (κ3) is 5.40. The molecular weight excluding hydrogens is 464 g/mol. The minimum Gasteiger partial charge on any atom is -0.485 e. The molecule has 1 heterocycles. The van der Waals surface area contributed by atoms with Gasteiger partial charge in [-0.1, -0.05) is 48.5 Å². The average Bonchev–Trinajstić information content (AvgIpc) is 2.82. The molecule has 0 aromatic heterocycles. The second-order valence-electron chi connectivity index (χ2n) is 9.26. The topological polar surface area (TPSA) is 105 Å². The van der Waals surface area contributed by atoms with Crippen LogP contribution >= 0.6 is 0 Å². The third-order valence-corrected chi connectivity index (χ3v) is 7.82. The molecular formula is C27H30N2O5S. The normalized spacial score (nSPS) is 18.9. The lowest BCUT2D eigenvalue weighted by atomic mass is 9.86. The van der Waals surface area contributed by atoms with Gasteiger partial charge in [0.2, 0.25) is 10.0 Å². The molecule has 3 aromatic carbocycles. The van der Waals surface area contributed by atoms with E-state index < -0.39 is 27.8 Å². The number of ether oxygens (including phenoxy) is 1. The summed E-state index contributed by atoms with van der Waals surface area (Å²) < 4.78 is 35.1. The molecule has 3 aromatic rings. The maximum absolute atomic E-state index is 13.2.